The van der Waals surface area contributed by atoms with Crippen LogP contribution in [0.4, 0.5) is 4.39 Å². The van der Waals surface area contributed by atoms with E-state index in [1.54, 1.807) is 0 Å². The molecule has 0 aromatic heterocycles. The minimum Gasteiger partial charge on any atom is -0.284 e. The van der Waals surface area contributed by atoms with Crippen LogP contribution in [-0.2, 0) is 22.2 Å². The highest BCUT2D eigenvalue weighted by molar-refractivity contribution is 7.74. The Labute approximate surface area is 82.0 Å². The number of hydrogen-bond acceptors (Lipinski definition) is 2. The molecule has 0 heterocycles. The zero-order valence-corrected chi connectivity index (χ0v) is 7.94. The van der Waals surface area contributed by atoms with E-state index in [9.17, 15) is 8.60 Å². The van der Waals surface area contributed by atoms with Crippen molar-refractivity contribution < 1.29 is 17.3 Å². The highest BCUT2D eigenvalue weighted by Crippen LogP contribution is 2.17. The van der Waals surface area contributed by atoms with Crippen LogP contribution >= 0.6 is 11.6 Å². The Hall–Kier alpha value is -0.490. The Morgan fingerprint density at radius 3 is 2.92 bits per heavy atom. The number of benzene rings is 1. The minimum absolute atomic E-state index is 0.195. The van der Waals surface area contributed by atoms with Gasteiger partial charge in [-0.1, -0.05) is 11.6 Å². The molecule has 0 saturated heterocycles. The molecule has 0 spiro atoms. The molecule has 1 unspecified atom stereocenters. The van der Waals surface area contributed by atoms with E-state index in [1.165, 1.54) is 12.1 Å². The van der Waals surface area contributed by atoms with Crippen LogP contribution in [-0.4, -0.2) is 8.76 Å². The molecule has 0 amide bonds. The minimum atomic E-state index is -2.36. The van der Waals surface area contributed by atoms with E-state index in [1.807, 2.05) is 0 Å². The largest absolute Gasteiger partial charge is 0.302 e. The molecule has 0 saturated carbocycles. The van der Waals surface area contributed by atoms with Crippen LogP contribution < -0.4 is 0 Å². The first-order chi connectivity index (χ1) is 6.09. The third kappa shape index (κ3) is 3.40. The molecule has 1 aromatic carbocycles. The molecule has 1 aromatic rings. The molecule has 13 heavy (non-hydrogen) atoms. The maximum absolute atomic E-state index is 12.6. The number of rotatable bonds is 3. The van der Waals surface area contributed by atoms with E-state index in [2.05, 4.69) is 4.18 Å². The van der Waals surface area contributed by atoms with Crippen molar-refractivity contribution in [1.29, 1.82) is 0 Å². The molecular formula is C7H6ClFO3S. The molecule has 0 aliphatic heterocycles. The normalized spacial score (nSPS) is 12.8. The van der Waals surface area contributed by atoms with E-state index in [0.717, 1.165) is 6.07 Å². The second-order valence-electron chi connectivity index (χ2n) is 2.22. The van der Waals surface area contributed by atoms with Crippen LogP contribution in [0.5, 0.6) is 0 Å². The standard InChI is InChI=1S/C7H6ClFO3S/c8-7-2-1-6(9)3-5(7)4-12-13(10)11/h1-3H,4H2,(H,10,11). The third-order valence-electron chi connectivity index (χ3n) is 1.32. The molecule has 1 atom stereocenters. The van der Waals surface area contributed by atoms with E-state index in [0.29, 0.717) is 10.6 Å². The van der Waals surface area contributed by atoms with Crippen molar-refractivity contribution in [3.63, 3.8) is 0 Å². The first-order valence-corrected chi connectivity index (χ1v) is 4.68. The van der Waals surface area contributed by atoms with Gasteiger partial charge in [0.2, 0.25) is 0 Å². The van der Waals surface area contributed by atoms with Gasteiger partial charge in [-0.25, -0.2) is 4.39 Å². The van der Waals surface area contributed by atoms with Gasteiger partial charge in [0.15, 0.2) is 0 Å². The van der Waals surface area contributed by atoms with E-state index in [-0.39, 0.29) is 6.61 Å². The quantitative estimate of drug-likeness (QED) is 0.801. The van der Waals surface area contributed by atoms with Gasteiger partial charge in [0, 0.05) is 10.6 Å². The Bertz CT molecular complexity index is 332. The zero-order valence-electron chi connectivity index (χ0n) is 6.37. The summed E-state index contributed by atoms with van der Waals surface area (Å²) in [4.78, 5) is 0. The molecule has 0 aliphatic carbocycles. The van der Waals surface area contributed by atoms with Gasteiger partial charge in [-0.05, 0) is 18.2 Å². The van der Waals surface area contributed by atoms with E-state index >= 15 is 0 Å². The van der Waals surface area contributed by atoms with Gasteiger partial charge >= 0.3 is 11.4 Å². The first kappa shape index (κ1) is 10.6. The second kappa shape index (κ2) is 4.66. The monoisotopic (exact) mass is 224 g/mol. The van der Waals surface area contributed by atoms with Gasteiger partial charge in [-0.15, -0.1) is 0 Å². The number of halogens is 2. The van der Waals surface area contributed by atoms with Gasteiger partial charge in [-0.2, -0.15) is 4.21 Å². The zero-order chi connectivity index (χ0) is 9.84. The summed E-state index contributed by atoms with van der Waals surface area (Å²) >= 11 is 3.29. The molecule has 6 heteroatoms. The summed E-state index contributed by atoms with van der Waals surface area (Å²) in [6.45, 7) is -0.195. The second-order valence-corrected chi connectivity index (χ2v) is 3.29. The molecule has 0 radical (unpaired) electrons. The lowest BCUT2D eigenvalue weighted by atomic mass is 10.2. The first-order valence-electron chi connectivity index (χ1n) is 3.27. The van der Waals surface area contributed by atoms with Gasteiger partial charge in [0.25, 0.3) is 0 Å². The van der Waals surface area contributed by atoms with Crippen LogP contribution in [0.1, 0.15) is 5.56 Å². The lowest BCUT2D eigenvalue weighted by Gasteiger charge is -2.02. The predicted molar refractivity (Wildman–Crippen MR) is 47.0 cm³/mol. The summed E-state index contributed by atoms with van der Waals surface area (Å²) in [5.41, 5.74) is 0.337. The van der Waals surface area contributed by atoms with Gasteiger partial charge < -0.3 is 0 Å². The molecule has 72 valence electrons. The van der Waals surface area contributed by atoms with Crippen molar-refractivity contribution >= 4 is 23.0 Å². The summed E-state index contributed by atoms with van der Waals surface area (Å²) in [5.74, 6) is -0.466. The Kier molecular flexibility index (Phi) is 3.80. The smallest absolute Gasteiger partial charge is 0.284 e. The van der Waals surface area contributed by atoms with Gasteiger partial charge in [-0.3, -0.25) is 8.74 Å². The van der Waals surface area contributed by atoms with Crippen LogP contribution in [0.15, 0.2) is 18.2 Å². The van der Waals surface area contributed by atoms with Crippen molar-refractivity contribution in [3.8, 4) is 0 Å². The molecule has 0 bridgehead atoms. The highest BCUT2D eigenvalue weighted by Gasteiger charge is 2.03. The predicted octanol–water partition coefficient (Wildman–Crippen LogP) is 2.13. The maximum Gasteiger partial charge on any atom is 0.302 e. The van der Waals surface area contributed by atoms with Crippen LogP contribution in [0.25, 0.3) is 0 Å². The van der Waals surface area contributed by atoms with E-state index < -0.39 is 17.2 Å². The number of hydrogen-bond donors (Lipinski definition) is 1. The molecule has 3 nitrogen and oxygen atoms in total. The van der Waals surface area contributed by atoms with Crippen molar-refractivity contribution in [1.82, 2.24) is 0 Å². The lowest BCUT2D eigenvalue weighted by molar-refractivity contribution is 0.296. The van der Waals surface area contributed by atoms with Crippen LogP contribution in [0.3, 0.4) is 0 Å². The maximum atomic E-state index is 12.6. The fraction of sp³-hybridized carbons (Fsp3) is 0.143. The van der Waals surface area contributed by atoms with Crippen LogP contribution in [0.2, 0.25) is 5.02 Å². The average Bonchev–Trinajstić information content (AvgIpc) is 2.06. The lowest BCUT2D eigenvalue weighted by Crippen LogP contribution is -1.96. The third-order valence-corrected chi connectivity index (χ3v) is 2.01. The van der Waals surface area contributed by atoms with Gasteiger partial charge in [0.05, 0.1) is 6.61 Å². The van der Waals surface area contributed by atoms with Crippen molar-refractivity contribution in [3.05, 3.63) is 34.6 Å². The Morgan fingerprint density at radius 1 is 1.62 bits per heavy atom. The summed E-state index contributed by atoms with van der Waals surface area (Å²) < 4.78 is 35.4. The summed E-state index contributed by atoms with van der Waals surface area (Å²) in [6, 6.07) is 3.70. The Morgan fingerprint density at radius 2 is 2.31 bits per heavy atom. The fourth-order valence-corrected chi connectivity index (χ4v) is 1.17. The van der Waals surface area contributed by atoms with Crippen molar-refractivity contribution in [2.75, 3.05) is 0 Å². The van der Waals surface area contributed by atoms with Crippen molar-refractivity contribution in [2.24, 2.45) is 0 Å². The molecule has 0 aliphatic rings. The Balaban J connectivity index is 2.75. The topological polar surface area (TPSA) is 46.5 Å². The summed E-state index contributed by atoms with van der Waals surface area (Å²) in [7, 11) is 0. The average molecular weight is 225 g/mol. The molecule has 1 rings (SSSR count). The molecule has 0 fully saturated rings. The van der Waals surface area contributed by atoms with Gasteiger partial charge in [0.1, 0.15) is 5.82 Å². The van der Waals surface area contributed by atoms with E-state index in [4.69, 9.17) is 16.2 Å². The summed E-state index contributed by atoms with van der Waals surface area (Å²) in [6.07, 6.45) is 0. The van der Waals surface area contributed by atoms with Crippen molar-refractivity contribution in [2.45, 2.75) is 6.61 Å². The fourth-order valence-electron chi connectivity index (χ4n) is 0.768. The molecular weight excluding hydrogens is 219 g/mol. The summed E-state index contributed by atoms with van der Waals surface area (Å²) in [5, 5.41) is 0.298. The molecule has 1 N–H and O–H groups in total. The van der Waals surface area contributed by atoms with Crippen LogP contribution in [0, 0.1) is 5.82 Å². The SMILES string of the molecule is O=S(O)OCc1cc(F)ccc1Cl. The highest BCUT2D eigenvalue weighted by atomic mass is 35.5.